The van der Waals surface area contributed by atoms with Crippen molar-refractivity contribution in [2.75, 3.05) is 0 Å². The largest absolute Gasteiger partial charge is 0.504 e. The lowest BCUT2D eigenvalue weighted by molar-refractivity contribution is 0.289. The maximum atomic E-state index is 9.54. The molecule has 0 aromatic heterocycles. The van der Waals surface area contributed by atoms with Gasteiger partial charge >= 0.3 is 0 Å². The van der Waals surface area contributed by atoms with Crippen LogP contribution in [0.1, 0.15) is 11.1 Å². The highest BCUT2D eigenvalue weighted by molar-refractivity contribution is 5.38. The second kappa shape index (κ2) is 5.37. The molecule has 3 nitrogen and oxygen atoms in total. The third-order valence-corrected chi connectivity index (χ3v) is 2.49. The van der Waals surface area contributed by atoms with Gasteiger partial charge in [-0.05, 0) is 23.3 Å². The zero-order valence-corrected chi connectivity index (χ0v) is 9.47. The van der Waals surface area contributed by atoms with E-state index >= 15 is 0 Å². The molecular weight excluding hydrogens is 214 g/mol. The molecule has 0 spiro atoms. The normalized spacial score (nSPS) is 10.2. The predicted octanol–water partition coefficient (Wildman–Crippen LogP) is 2.43. The summed E-state index contributed by atoms with van der Waals surface area (Å²) in [5.41, 5.74) is 7.68. The second-order valence-electron chi connectivity index (χ2n) is 3.78. The fourth-order valence-corrected chi connectivity index (χ4v) is 1.59. The van der Waals surface area contributed by atoms with E-state index in [0.29, 0.717) is 18.9 Å². The zero-order chi connectivity index (χ0) is 12.1. The molecule has 0 saturated heterocycles. The minimum absolute atomic E-state index is 0.155. The van der Waals surface area contributed by atoms with Crippen LogP contribution in [0.4, 0.5) is 0 Å². The van der Waals surface area contributed by atoms with Gasteiger partial charge in [0, 0.05) is 6.54 Å². The Balaban J connectivity index is 2.05. The number of phenols is 1. The van der Waals surface area contributed by atoms with Crippen LogP contribution in [-0.4, -0.2) is 5.11 Å². The Morgan fingerprint density at radius 2 is 1.76 bits per heavy atom. The first-order valence-corrected chi connectivity index (χ1v) is 5.48. The lowest BCUT2D eigenvalue weighted by Gasteiger charge is -2.08. The van der Waals surface area contributed by atoms with E-state index in [9.17, 15) is 5.11 Å². The van der Waals surface area contributed by atoms with Crippen molar-refractivity contribution < 1.29 is 9.84 Å². The van der Waals surface area contributed by atoms with Crippen LogP contribution < -0.4 is 10.5 Å². The van der Waals surface area contributed by atoms with Crippen molar-refractivity contribution in [3.05, 3.63) is 59.7 Å². The van der Waals surface area contributed by atoms with Gasteiger partial charge in [0.15, 0.2) is 11.5 Å². The molecule has 0 saturated carbocycles. The monoisotopic (exact) mass is 229 g/mol. The number of rotatable bonds is 4. The molecule has 0 radical (unpaired) electrons. The standard InChI is InChI=1S/C14H15NO2/c15-9-11-4-3-5-12(8-11)10-17-14-7-2-1-6-13(14)16/h1-8,16H,9-10,15H2. The molecule has 0 aliphatic carbocycles. The summed E-state index contributed by atoms with van der Waals surface area (Å²) in [5, 5.41) is 9.54. The van der Waals surface area contributed by atoms with E-state index in [4.69, 9.17) is 10.5 Å². The van der Waals surface area contributed by atoms with E-state index in [0.717, 1.165) is 11.1 Å². The van der Waals surface area contributed by atoms with Gasteiger partial charge in [0.25, 0.3) is 0 Å². The molecule has 17 heavy (non-hydrogen) atoms. The number of hydrogen-bond donors (Lipinski definition) is 2. The maximum absolute atomic E-state index is 9.54. The van der Waals surface area contributed by atoms with Crippen molar-refractivity contribution in [2.24, 2.45) is 5.73 Å². The smallest absolute Gasteiger partial charge is 0.161 e. The fourth-order valence-electron chi connectivity index (χ4n) is 1.59. The van der Waals surface area contributed by atoms with Gasteiger partial charge in [-0.1, -0.05) is 36.4 Å². The Kier molecular flexibility index (Phi) is 3.62. The van der Waals surface area contributed by atoms with Crippen molar-refractivity contribution >= 4 is 0 Å². The van der Waals surface area contributed by atoms with Crippen LogP contribution in [0.2, 0.25) is 0 Å². The van der Waals surface area contributed by atoms with E-state index in [1.165, 1.54) is 0 Å². The summed E-state index contributed by atoms with van der Waals surface area (Å²) in [4.78, 5) is 0. The average Bonchev–Trinajstić information content (AvgIpc) is 2.38. The summed E-state index contributed by atoms with van der Waals surface area (Å²) in [5.74, 6) is 0.646. The molecule has 0 bridgehead atoms. The highest BCUT2D eigenvalue weighted by Crippen LogP contribution is 2.25. The van der Waals surface area contributed by atoms with Crippen LogP contribution in [0.25, 0.3) is 0 Å². The minimum Gasteiger partial charge on any atom is -0.504 e. The number of para-hydroxylation sites is 2. The topological polar surface area (TPSA) is 55.5 Å². The number of benzene rings is 2. The second-order valence-corrected chi connectivity index (χ2v) is 3.78. The van der Waals surface area contributed by atoms with Gasteiger partial charge in [0.1, 0.15) is 6.61 Å². The molecule has 2 aromatic carbocycles. The molecule has 2 rings (SSSR count). The quantitative estimate of drug-likeness (QED) is 0.846. The molecule has 0 unspecified atom stereocenters. The number of ether oxygens (including phenoxy) is 1. The summed E-state index contributed by atoms with van der Waals surface area (Å²) in [7, 11) is 0. The Bertz CT molecular complexity index is 497. The van der Waals surface area contributed by atoms with Crippen molar-refractivity contribution in [1.82, 2.24) is 0 Å². The molecule has 88 valence electrons. The average molecular weight is 229 g/mol. The van der Waals surface area contributed by atoms with Crippen LogP contribution in [-0.2, 0) is 13.2 Å². The first-order valence-electron chi connectivity index (χ1n) is 5.48. The van der Waals surface area contributed by atoms with Crippen molar-refractivity contribution in [1.29, 1.82) is 0 Å². The van der Waals surface area contributed by atoms with Crippen LogP contribution in [0, 0.1) is 0 Å². The van der Waals surface area contributed by atoms with Crippen LogP contribution in [0.5, 0.6) is 11.5 Å². The molecule has 2 aromatic rings. The molecule has 0 amide bonds. The number of phenolic OH excluding ortho intramolecular Hbond substituents is 1. The lowest BCUT2D eigenvalue weighted by Crippen LogP contribution is -1.99. The minimum atomic E-state index is 0.155. The number of aromatic hydroxyl groups is 1. The predicted molar refractivity (Wildman–Crippen MR) is 66.8 cm³/mol. The summed E-state index contributed by atoms with van der Waals surface area (Å²) in [6, 6.07) is 14.8. The highest BCUT2D eigenvalue weighted by atomic mass is 16.5. The van der Waals surface area contributed by atoms with Gasteiger partial charge in [0.05, 0.1) is 0 Å². The van der Waals surface area contributed by atoms with Gasteiger partial charge in [0.2, 0.25) is 0 Å². The molecule has 0 aliphatic rings. The summed E-state index contributed by atoms with van der Waals surface area (Å²) in [6.07, 6.45) is 0. The van der Waals surface area contributed by atoms with Gasteiger partial charge in [-0.25, -0.2) is 0 Å². The Morgan fingerprint density at radius 1 is 1.00 bits per heavy atom. The van der Waals surface area contributed by atoms with E-state index in [1.54, 1.807) is 18.2 Å². The summed E-state index contributed by atoms with van der Waals surface area (Å²) < 4.78 is 5.53. The third-order valence-electron chi connectivity index (χ3n) is 2.49. The van der Waals surface area contributed by atoms with Crippen molar-refractivity contribution in [3.8, 4) is 11.5 Å². The van der Waals surface area contributed by atoms with E-state index in [-0.39, 0.29) is 5.75 Å². The molecule has 3 N–H and O–H groups in total. The molecule has 0 aliphatic heterocycles. The van der Waals surface area contributed by atoms with Crippen LogP contribution >= 0.6 is 0 Å². The zero-order valence-electron chi connectivity index (χ0n) is 9.47. The van der Waals surface area contributed by atoms with E-state index in [2.05, 4.69) is 0 Å². The first-order chi connectivity index (χ1) is 8.29. The fraction of sp³-hybridized carbons (Fsp3) is 0.143. The first kappa shape index (κ1) is 11.5. The van der Waals surface area contributed by atoms with Crippen molar-refractivity contribution in [3.63, 3.8) is 0 Å². The van der Waals surface area contributed by atoms with Crippen LogP contribution in [0.3, 0.4) is 0 Å². The number of nitrogens with two attached hydrogens (primary N) is 1. The molecule has 0 heterocycles. The van der Waals surface area contributed by atoms with Gasteiger partial charge in [-0.15, -0.1) is 0 Å². The molecule has 0 fully saturated rings. The van der Waals surface area contributed by atoms with E-state index < -0.39 is 0 Å². The third kappa shape index (κ3) is 2.98. The molecular formula is C14H15NO2. The SMILES string of the molecule is NCc1cccc(COc2ccccc2O)c1. The Labute approximate surface area is 100 Å². The van der Waals surface area contributed by atoms with Crippen molar-refractivity contribution in [2.45, 2.75) is 13.2 Å². The summed E-state index contributed by atoms with van der Waals surface area (Å²) in [6.45, 7) is 0.940. The maximum Gasteiger partial charge on any atom is 0.161 e. The van der Waals surface area contributed by atoms with E-state index in [1.807, 2.05) is 30.3 Å². The number of hydrogen-bond acceptors (Lipinski definition) is 3. The molecule has 3 heteroatoms. The highest BCUT2D eigenvalue weighted by Gasteiger charge is 2.01. The molecule has 0 atom stereocenters. The van der Waals surface area contributed by atoms with Crippen LogP contribution in [0.15, 0.2) is 48.5 Å². The Hall–Kier alpha value is -2.00. The summed E-state index contributed by atoms with van der Waals surface area (Å²) >= 11 is 0. The van der Waals surface area contributed by atoms with Gasteiger partial charge in [-0.2, -0.15) is 0 Å². The van der Waals surface area contributed by atoms with Gasteiger partial charge < -0.3 is 15.6 Å². The Morgan fingerprint density at radius 3 is 2.53 bits per heavy atom. The lowest BCUT2D eigenvalue weighted by atomic mass is 10.1. The van der Waals surface area contributed by atoms with Gasteiger partial charge in [-0.3, -0.25) is 0 Å².